The summed E-state index contributed by atoms with van der Waals surface area (Å²) in [5.41, 5.74) is 1.35. The molecule has 2 saturated heterocycles. The molecular weight excluding hydrogens is 280 g/mol. The van der Waals surface area contributed by atoms with Gasteiger partial charge >= 0.3 is 0 Å². The minimum absolute atomic E-state index is 0.290. The topological polar surface area (TPSA) is 23.6 Å². The van der Waals surface area contributed by atoms with Crippen molar-refractivity contribution in [3.05, 3.63) is 35.9 Å². The van der Waals surface area contributed by atoms with E-state index in [0.717, 1.165) is 37.3 Å². The minimum atomic E-state index is 0.290. The lowest BCUT2D eigenvalue weighted by molar-refractivity contribution is -0.132. The number of carbonyl (C=O) groups is 1. The Hall–Kier alpha value is -1.42. The second-order valence-corrected chi connectivity index (χ2v) is 6.51. The maximum atomic E-state index is 12.1. The Morgan fingerprint density at radius 3 is 2.71 bits per heavy atom. The fraction of sp³-hybridized carbons (Fsp3) is 0.529. The number of rotatable bonds is 3. The highest BCUT2D eigenvalue weighted by molar-refractivity contribution is 7.80. The fourth-order valence-electron chi connectivity index (χ4n) is 3.25. The summed E-state index contributed by atoms with van der Waals surface area (Å²) in [4.78, 5) is 17.3. The van der Waals surface area contributed by atoms with Crippen LogP contribution in [-0.4, -0.2) is 40.5 Å². The molecule has 0 bridgehead atoms. The molecule has 1 aromatic carbocycles. The van der Waals surface area contributed by atoms with Gasteiger partial charge in [0, 0.05) is 31.8 Å². The van der Waals surface area contributed by atoms with Crippen molar-refractivity contribution < 1.29 is 4.79 Å². The molecule has 0 radical (unpaired) electrons. The number of amides is 1. The van der Waals surface area contributed by atoms with Crippen LogP contribution in [0.25, 0.3) is 0 Å². The normalized spacial score (nSPS) is 23.5. The lowest BCUT2D eigenvalue weighted by Gasteiger charge is -2.28. The van der Waals surface area contributed by atoms with Crippen LogP contribution in [0.3, 0.4) is 0 Å². The zero-order chi connectivity index (χ0) is 14.7. The van der Waals surface area contributed by atoms with Gasteiger partial charge in [0.25, 0.3) is 0 Å². The Labute approximate surface area is 131 Å². The van der Waals surface area contributed by atoms with Gasteiger partial charge < -0.3 is 9.80 Å². The van der Waals surface area contributed by atoms with Gasteiger partial charge in [-0.3, -0.25) is 4.79 Å². The van der Waals surface area contributed by atoms with Crippen molar-refractivity contribution in [3.63, 3.8) is 0 Å². The van der Waals surface area contributed by atoms with E-state index in [-0.39, 0.29) is 0 Å². The van der Waals surface area contributed by atoms with Crippen LogP contribution in [-0.2, 0) is 4.79 Å². The predicted octanol–water partition coefficient (Wildman–Crippen LogP) is 3.16. The Balaban J connectivity index is 1.64. The monoisotopic (exact) mass is 302 g/mol. The van der Waals surface area contributed by atoms with E-state index in [9.17, 15) is 4.79 Å². The molecule has 21 heavy (non-hydrogen) atoms. The highest BCUT2D eigenvalue weighted by Crippen LogP contribution is 2.29. The number of hydrogen-bond acceptors (Lipinski definition) is 2. The van der Waals surface area contributed by atoms with Crippen LogP contribution >= 0.6 is 12.2 Å². The third-order valence-corrected chi connectivity index (χ3v) is 4.92. The van der Waals surface area contributed by atoms with Crippen LogP contribution in [0.15, 0.2) is 30.3 Å². The lowest BCUT2D eigenvalue weighted by atomic mass is 9.99. The van der Waals surface area contributed by atoms with Crippen molar-refractivity contribution in [3.8, 4) is 0 Å². The van der Waals surface area contributed by atoms with Gasteiger partial charge in [-0.05, 0) is 18.4 Å². The van der Waals surface area contributed by atoms with E-state index in [2.05, 4.69) is 29.2 Å². The van der Waals surface area contributed by atoms with E-state index in [1.54, 1.807) is 0 Å². The summed E-state index contributed by atoms with van der Waals surface area (Å²) in [5.74, 6) is 0.763. The SMILES string of the molecule is O=C1CCCCCN1CN1CC(c2ccccc2)CC1=S. The van der Waals surface area contributed by atoms with Gasteiger partial charge in [0.1, 0.15) is 0 Å². The average molecular weight is 302 g/mol. The molecule has 0 aliphatic carbocycles. The first-order valence-electron chi connectivity index (χ1n) is 7.84. The van der Waals surface area contributed by atoms with Crippen molar-refractivity contribution in [2.24, 2.45) is 0 Å². The quantitative estimate of drug-likeness (QED) is 0.801. The second kappa shape index (κ2) is 6.56. The van der Waals surface area contributed by atoms with E-state index in [0.29, 0.717) is 24.9 Å². The third kappa shape index (κ3) is 3.43. The zero-order valence-corrected chi connectivity index (χ0v) is 13.1. The first-order valence-corrected chi connectivity index (χ1v) is 8.25. The van der Waals surface area contributed by atoms with Crippen LogP contribution in [0.4, 0.5) is 0 Å². The van der Waals surface area contributed by atoms with Crippen LogP contribution in [0.5, 0.6) is 0 Å². The molecule has 2 aliphatic rings. The summed E-state index contributed by atoms with van der Waals surface area (Å²) in [6.45, 7) is 2.50. The summed E-state index contributed by atoms with van der Waals surface area (Å²) in [6, 6.07) is 10.6. The second-order valence-electron chi connectivity index (χ2n) is 6.04. The molecule has 1 unspecified atom stereocenters. The summed E-state index contributed by atoms with van der Waals surface area (Å²) in [5, 5.41) is 0. The molecule has 4 heteroatoms. The van der Waals surface area contributed by atoms with Crippen molar-refractivity contribution in [2.75, 3.05) is 19.8 Å². The van der Waals surface area contributed by atoms with Gasteiger partial charge in [-0.15, -0.1) is 0 Å². The summed E-state index contributed by atoms with van der Waals surface area (Å²) < 4.78 is 0. The lowest BCUT2D eigenvalue weighted by Crippen LogP contribution is -2.41. The predicted molar refractivity (Wildman–Crippen MR) is 88.2 cm³/mol. The number of hydrogen-bond donors (Lipinski definition) is 0. The van der Waals surface area contributed by atoms with Gasteiger partial charge in [-0.1, -0.05) is 49.0 Å². The number of carbonyl (C=O) groups excluding carboxylic acids is 1. The summed E-state index contributed by atoms with van der Waals surface area (Å²) in [7, 11) is 0. The molecule has 0 saturated carbocycles. The molecule has 0 N–H and O–H groups in total. The molecule has 0 spiro atoms. The van der Waals surface area contributed by atoms with E-state index in [1.807, 2.05) is 11.0 Å². The number of thiocarbonyl (C=S) groups is 1. The van der Waals surface area contributed by atoms with Crippen molar-refractivity contribution in [1.29, 1.82) is 0 Å². The van der Waals surface area contributed by atoms with Crippen LogP contribution in [0.2, 0.25) is 0 Å². The van der Waals surface area contributed by atoms with Gasteiger partial charge in [0.15, 0.2) is 0 Å². The maximum absolute atomic E-state index is 12.1. The Kier molecular flexibility index (Phi) is 4.54. The summed E-state index contributed by atoms with van der Waals surface area (Å²) in [6.07, 6.45) is 4.95. The molecule has 112 valence electrons. The maximum Gasteiger partial charge on any atom is 0.223 e. The van der Waals surface area contributed by atoms with Crippen molar-refractivity contribution >= 4 is 23.1 Å². The molecule has 3 nitrogen and oxygen atoms in total. The van der Waals surface area contributed by atoms with E-state index in [1.165, 1.54) is 12.0 Å². The highest BCUT2D eigenvalue weighted by Gasteiger charge is 2.30. The fourth-order valence-corrected chi connectivity index (χ4v) is 3.58. The number of likely N-dealkylation sites (tertiary alicyclic amines) is 2. The van der Waals surface area contributed by atoms with Crippen LogP contribution < -0.4 is 0 Å². The third-order valence-electron chi connectivity index (χ3n) is 4.50. The number of nitrogens with zero attached hydrogens (tertiary/aromatic N) is 2. The van der Waals surface area contributed by atoms with Crippen LogP contribution in [0.1, 0.15) is 43.6 Å². The smallest absolute Gasteiger partial charge is 0.223 e. The molecule has 2 heterocycles. The molecule has 0 aromatic heterocycles. The molecule has 3 rings (SSSR count). The number of benzene rings is 1. The van der Waals surface area contributed by atoms with Crippen molar-refractivity contribution in [1.82, 2.24) is 9.80 Å². The Morgan fingerprint density at radius 1 is 1.10 bits per heavy atom. The molecule has 1 atom stereocenters. The standard InChI is InChI=1S/C17H22N2OS/c20-16-9-5-2-6-10-18(16)13-19-12-15(11-17(19)21)14-7-3-1-4-8-14/h1,3-4,7-8,15H,2,5-6,9-13H2. The Morgan fingerprint density at radius 2 is 1.90 bits per heavy atom. The van der Waals surface area contributed by atoms with Gasteiger partial charge in [0.05, 0.1) is 11.7 Å². The molecule has 2 fully saturated rings. The Bertz CT molecular complexity index is 517. The molecule has 1 amide bonds. The van der Waals surface area contributed by atoms with Gasteiger partial charge in [0.2, 0.25) is 5.91 Å². The minimum Gasteiger partial charge on any atom is -0.348 e. The first kappa shape index (κ1) is 14.5. The first-order chi connectivity index (χ1) is 10.2. The summed E-state index contributed by atoms with van der Waals surface area (Å²) >= 11 is 5.55. The van der Waals surface area contributed by atoms with E-state index < -0.39 is 0 Å². The largest absolute Gasteiger partial charge is 0.348 e. The van der Waals surface area contributed by atoms with E-state index >= 15 is 0 Å². The van der Waals surface area contributed by atoms with Gasteiger partial charge in [-0.2, -0.15) is 0 Å². The molecule has 1 aromatic rings. The van der Waals surface area contributed by atoms with Crippen LogP contribution in [0, 0.1) is 0 Å². The average Bonchev–Trinajstić information content (AvgIpc) is 2.74. The zero-order valence-electron chi connectivity index (χ0n) is 12.3. The highest BCUT2D eigenvalue weighted by atomic mass is 32.1. The van der Waals surface area contributed by atoms with Crippen molar-refractivity contribution in [2.45, 2.75) is 38.0 Å². The van der Waals surface area contributed by atoms with E-state index in [4.69, 9.17) is 12.2 Å². The molecule has 2 aliphatic heterocycles. The molecular formula is C17H22N2OS. The van der Waals surface area contributed by atoms with Gasteiger partial charge in [-0.25, -0.2) is 0 Å².